The quantitative estimate of drug-likeness (QED) is 0.346. The zero-order chi connectivity index (χ0) is 29.6. The molecule has 2 aliphatic rings. The summed E-state index contributed by atoms with van der Waals surface area (Å²) in [6, 6.07) is 4.13. The molecular weight excluding hydrogens is 592 g/mol. The molecule has 0 bridgehead atoms. The molecule has 1 saturated heterocycles. The van der Waals surface area contributed by atoms with Gasteiger partial charge in [0.1, 0.15) is 30.0 Å². The molecule has 220 valence electrons. The highest BCUT2D eigenvalue weighted by Gasteiger charge is 2.52. The topological polar surface area (TPSA) is 130 Å². The maximum absolute atomic E-state index is 14.1. The second kappa shape index (κ2) is 11.8. The summed E-state index contributed by atoms with van der Waals surface area (Å²) in [6.45, 7) is -0.692. The molecule has 1 aliphatic heterocycles. The van der Waals surface area contributed by atoms with Crippen LogP contribution >= 0.6 is 23.2 Å². The predicted octanol–water partition coefficient (Wildman–Crippen LogP) is 2.90. The van der Waals surface area contributed by atoms with Crippen molar-refractivity contribution in [3.63, 3.8) is 0 Å². The first-order valence-electron chi connectivity index (χ1n) is 12.5. The summed E-state index contributed by atoms with van der Waals surface area (Å²) >= 11 is 12.4. The number of nitrogens with zero attached hydrogens (tertiary/aromatic N) is 4. The van der Waals surface area contributed by atoms with E-state index in [1.807, 2.05) is 0 Å². The number of aromatic nitrogens is 3. The van der Waals surface area contributed by atoms with Crippen LogP contribution < -0.4 is 4.90 Å². The van der Waals surface area contributed by atoms with E-state index in [2.05, 4.69) is 10.3 Å². The molecule has 1 amide bonds. The van der Waals surface area contributed by atoms with Crippen molar-refractivity contribution in [1.29, 1.82) is 0 Å². The predicted molar refractivity (Wildman–Crippen MR) is 140 cm³/mol. The second-order valence-electron chi connectivity index (χ2n) is 9.84. The van der Waals surface area contributed by atoms with Crippen molar-refractivity contribution >= 4 is 34.8 Å². The number of rotatable bonds is 7. The van der Waals surface area contributed by atoms with Gasteiger partial charge in [-0.3, -0.25) is 4.79 Å². The highest BCUT2D eigenvalue weighted by Crippen LogP contribution is 2.38. The Morgan fingerprint density at radius 3 is 2.32 bits per heavy atom. The fraction of sp³-hybridized carbons (Fsp3) is 0.423. The van der Waals surface area contributed by atoms with Crippen LogP contribution in [0.5, 0.6) is 0 Å². The van der Waals surface area contributed by atoms with Crippen LogP contribution in [0.4, 0.5) is 18.9 Å². The lowest BCUT2D eigenvalue weighted by Crippen LogP contribution is -2.64. The number of aliphatic hydroxyl groups is 3. The minimum Gasteiger partial charge on any atom is -0.394 e. The van der Waals surface area contributed by atoms with Gasteiger partial charge in [-0.1, -0.05) is 28.4 Å². The largest absolute Gasteiger partial charge is 0.394 e. The molecule has 1 saturated carbocycles. The van der Waals surface area contributed by atoms with Crippen molar-refractivity contribution in [3.05, 3.63) is 64.0 Å². The molecule has 1 aromatic heterocycles. The molecule has 5 rings (SSSR count). The molecule has 1 aliphatic carbocycles. The Kier molecular flexibility index (Phi) is 8.58. The van der Waals surface area contributed by atoms with Crippen LogP contribution in [0.3, 0.4) is 0 Å². The van der Waals surface area contributed by atoms with Crippen molar-refractivity contribution < 1.29 is 42.8 Å². The van der Waals surface area contributed by atoms with E-state index < -0.39 is 72.6 Å². The van der Waals surface area contributed by atoms with E-state index in [4.69, 9.17) is 32.7 Å². The number of ether oxygens (including phenoxy) is 2. The molecule has 10 nitrogen and oxygen atoms in total. The Balaban J connectivity index is 1.53. The fourth-order valence-electron chi connectivity index (χ4n) is 5.18. The zero-order valence-corrected chi connectivity index (χ0v) is 22.9. The van der Waals surface area contributed by atoms with Crippen molar-refractivity contribution in [1.82, 2.24) is 15.0 Å². The average Bonchev–Trinajstić information content (AvgIpc) is 3.42. The molecule has 15 heteroatoms. The Morgan fingerprint density at radius 2 is 1.78 bits per heavy atom. The van der Waals surface area contributed by atoms with Crippen LogP contribution in [0, 0.1) is 17.5 Å². The SMILES string of the molecule is COC1C(C(=O)N(c2cc(Cl)cc(Cl)c2)[C@@H]2CC[C@H]2O)OC(CO)C(O)C1n1cc(-c2cc(F)c(F)c(F)c2)nn1. The third kappa shape index (κ3) is 5.55. The van der Waals surface area contributed by atoms with Crippen LogP contribution in [-0.4, -0.2) is 86.5 Å². The Morgan fingerprint density at radius 1 is 1.12 bits per heavy atom. The maximum Gasteiger partial charge on any atom is 0.259 e. The van der Waals surface area contributed by atoms with Crippen LogP contribution in [-0.2, 0) is 14.3 Å². The lowest BCUT2D eigenvalue weighted by molar-refractivity contribution is -0.211. The molecule has 2 aromatic carbocycles. The van der Waals surface area contributed by atoms with Gasteiger partial charge >= 0.3 is 0 Å². The summed E-state index contributed by atoms with van der Waals surface area (Å²) < 4.78 is 53.8. The molecule has 3 aromatic rings. The highest BCUT2D eigenvalue weighted by atomic mass is 35.5. The minimum atomic E-state index is -1.64. The van der Waals surface area contributed by atoms with Crippen LogP contribution in [0.15, 0.2) is 36.5 Å². The summed E-state index contributed by atoms with van der Waals surface area (Å²) in [5.41, 5.74) is 0.103. The molecule has 41 heavy (non-hydrogen) atoms. The Bertz CT molecular complexity index is 1400. The van der Waals surface area contributed by atoms with Crippen LogP contribution in [0.25, 0.3) is 11.3 Å². The summed E-state index contributed by atoms with van der Waals surface area (Å²) in [7, 11) is 1.27. The van der Waals surface area contributed by atoms with E-state index in [1.54, 1.807) is 0 Å². The first-order chi connectivity index (χ1) is 19.5. The standard InChI is InChI=1S/C26H25Cl2F3N4O6/c1-40-24-22(34-9-17(32-33-34)11-4-15(29)21(31)16(30)5-11)23(38)20(10-36)41-25(24)26(39)35(18-2-3-19(18)37)14-7-12(27)6-13(28)8-14/h4-9,18-20,22-25,36-38H,2-3,10H2,1H3/t18-,19-,20?,22?,23?,24?,25?/m1/s1. The first kappa shape index (κ1) is 29.7. The van der Waals surface area contributed by atoms with Gasteiger partial charge in [-0.15, -0.1) is 5.10 Å². The van der Waals surface area contributed by atoms with E-state index in [0.29, 0.717) is 18.5 Å². The van der Waals surface area contributed by atoms with Crippen LogP contribution in [0.1, 0.15) is 18.9 Å². The van der Waals surface area contributed by atoms with Gasteiger partial charge in [0.25, 0.3) is 5.91 Å². The number of hydrogen-bond donors (Lipinski definition) is 3. The summed E-state index contributed by atoms with van der Waals surface area (Å²) in [6.07, 6.45) is -4.12. The van der Waals surface area contributed by atoms with Gasteiger partial charge in [-0.2, -0.15) is 0 Å². The number of carbonyl (C=O) groups is 1. The van der Waals surface area contributed by atoms with Crippen molar-refractivity contribution in [2.24, 2.45) is 0 Å². The Labute approximate surface area is 241 Å². The van der Waals surface area contributed by atoms with Gasteiger partial charge in [0.2, 0.25) is 0 Å². The van der Waals surface area contributed by atoms with E-state index in [-0.39, 0.29) is 21.3 Å². The lowest BCUT2D eigenvalue weighted by atomic mass is 9.85. The number of anilines is 1. The third-order valence-electron chi connectivity index (χ3n) is 7.37. The summed E-state index contributed by atoms with van der Waals surface area (Å²) in [4.78, 5) is 15.5. The van der Waals surface area contributed by atoms with Gasteiger partial charge in [0.05, 0.1) is 24.9 Å². The molecule has 5 unspecified atom stereocenters. The molecule has 2 fully saturated rings. The minimum absolute atomic E-state index is 0.0624. The van der Waals surface area contributed by atoms with Gasteiger partial charge in [-0.05, 0) is 43.2 Å². The Hall–Kier alpha value is -2.78. The van der Waals surface area contributed by atoms with E-state index in [1.165, 1.54) is 36.4 Å². The first-order valence-corrected chi connectivity index (χ1v) is 13.3. The number of hydrogen-bond acceptors (Lipinski definition) is 8. The van der Waals surface area contributed by atoms with Gasteiger partial charge in [-0.25, -0.2) is 17.9 Å². The number of halogens is 5. The number of benzene rings is 2. The maximum atomic E-state index is 14.1. The highest BCUT2D eigenvalue weighted by molar-refractivity contribution is 6.35. The molecule has 2 heterocycles. The summed E-state index contributed by atoms with van der Waals surface area (Å²) in [5, 5.41) is 39.9. The van der Waals surface area contributed by atoms with E-state index >= 15 is 0 Å². The van der Waals surface area contributed by atoms with E-state index in [9.17, 15) is 33.3 Å². The fourth-order valence-corrected chi connectivity index (χ4v) is 5.70. The van der Waals surface area contributed by atoms with Gasteiger partial charge in [0, 0.05) is 28.4 Å². The zero-order valence-electron chi connectivity index (χ0n) is 21.4. The smallest absolute Gasteiger partial charge is 0.259 e. The van der Waals surface area contributed by atoms with Gasteiger partial charge < -0.3 is 29.7 Å². The normalized spacial score (nSPS) is 27.9. The number of carbonyl (C=O) groups excluding carboxylic acids is 1. The summed E-state index contributed by atoms with van der Waals surface area (Å²) in [5.74, 6) is -5.17. The van der Waals surface area contributed by atoms with Gasteiger partial charge in [0.15, 0.2) is 23.6 Å². The molecule has 7 atom stereocenters. The second-order valence-corrected chi connectivity index (χ2v) is 10.7. The number of methoxy groups -OCH3 is 1. The van der Waals surface area contributed by atoms with Crippen molar-refractivity contribution in [2.45, 2.75) is 55.4 Å². The number of amides is 1. The molecule has 0 radical (unpaired) electrons. The average molecular weight is 617 g/mol. The van der Waals surface area contributed by atoms with E-state index in [0.717, 1.165) is 16.8 Å². The number of aliphatic hydroxyl groups excluding tert-OH is 3. The van der Waals surface area contributed by atoms with Crippen LogP contribution in [0.2, 0.25) is 10.0 Å². The lowest BCUT2D eigenvalue weighted by Gasteiger charge is -2.47. The van der Waals surface area contributed by atoms with Crippen molar-refractivity contribution in [2.75, 3.05) is 18.6 Å². The molecule has 3 N–H and O–H groups in total. The molecule has 0 spiro atoms. The monoisotopic (exact) mass is 616 g/mol. The molecular formula is C26H25Cl2F3N4O6. The third-order valence-corrected chi connectivity index (χ3v) is 7.81. The van der Waals surface area contributed by atoms with Crippen molar-refractivity contribution in [3.8, 4) is 11.3 Å².